The summed E-state index contributed by atoms with van der Waals surface area (Å²) < 4.78 is 0. The molecule has 0 bridgehead atoms. The lowest BCUT2D eigenvalue weighted by atomic mass is 9.69. The zero-order chi connectivity index (χ0) is 13.8. The van der Waals surface area contributed by atoms with Gasteiger partial charge in [0.25, 0.3) is 0 Å². The van der Waals surface area contributed by atoms with E-state index in [1.807, 2.05) is 0 Å². The van der Waals surface area contributed by atoms with Gasteiger partial charge in [0.2, 0.25) is 0 Å². The zero-order valence-electron chi connectivity index (χ0n) is 13.4. The summed E-state index contributed by atoms with van der Waals surface area (Å²) in [5.74, 6) is 3.11. The van der Waals surface area contributed by atoms with Crippen LogP contribution < -0.4 is 5.32 Å². The number of likely N-dealkylation sites (tertiary alicyclic amines) is 1. The summed E-state index contributed by atoms with van der Waals surface area (Å²) in [5, 5.41) is 3.87. The van der Waals surface area contributed by atoms with Crippen molar-refractivity contribution in [1.29, 1.82) is 0 Å². The van der Waals surface area contributed by atoms with Crippen LogP contribution in [0.1, 0.15) is 64.7 Å². The number of hydrogen-bond donors (Lipinski definition) is 1. The van der Waals surface area contributed by atoms with E-state index >= 15 is 0 Å². The number of nitrogens with zero attached hydrogens (tertiary/aromatic N) is 1. The zero-order valence-corrected chi connectivity index (χ0v) is 13.4. The molecule has 2 saturated carbocycles. The summed E-state index contributed by atoms with van der Waals surface area (Å²) in [6, 6.07) is 0.832. The lowest BCUT2D eigenvalue weighted by Gasteiger charge is -2.40. The Morgan fingerprint density at radius 3 is 2.45 bits per heavy atom. The molecule has 2 nitrogen and oxygen atoms in total. The Morgan fingerprint density at radius 2 is 1.65 bits per heavy atom. The Bertz CT molecular complexity index is 283. The van der Waals surface area contributed by atoms with E-state index < -0.39 is 0 Å². The third-order valence-electron chi connectivity index (χ3n) is 6.28. The van der Waals surface area contributed by atoms with Gasteiger partial charge in [0.15, 0.2) is 0 Å². The second kappa shape index (κ2) is 7.26. The lowest BCUT2D eigenvalue weighted by Crippen LogP contribution is -2.43. The first-order chi connectivity index (χ1) is 9.81. The molecule has 2 aliphatic carbocycles. The molecule has 1 N–H and O–H groups in total. The second-order valence-electron chi connectivity index (χ2n) is 7.79. The highest BCUT2D eigenvalue weighted by molar-refractivity contribution is 4.86. The van der Waals surface area contributed by atoms with E-state index in [0.717, 1.165) is 23.8 Å². The van der Waals surface area contributed by atoms with Crippen LogP contribution in [0.3, 0.4) is 0 Å². The third kappa shape index (κ3) is 3.98. The number of rotatable bonds is 4. The lowest BCUT2D eigenvalue weighted by molar-refractivity contribution is 0.138. The maximum Gasteiger partial charge on any atom is 0.0107 e. The van der Waals surface area contributed by atoms with Crippen LogP contribution in [0.25, 0.3) is 0 Å². The summed E-state index contributed by atoms with van der Waals surface area (Å²) in [5.41, 5.74) is 0. The predicted octanol–water partition coefficient (Wildman–Crippen LogP) is 3.67. The first kappa shape index (κ1) is 14.8. The van der Waals surface area contributed by atoms with Crippen molar-refractivity contribution in [2.75, 3.05) is 26.2 Å². The van der Waals surface area contributed by atoms with E-state index in [2.05, 4.69) is 17.1 Å². The maximum absolute atomic E-state index is 3.87. The van der Waals surface area contributed by atoms with Gasteiger partial charge >= 0.3 is 0 Å². The standard InChI is InChI=1S/C18H34N2/c1-15-8-11-20(12-9-15)13-10-19-18-7-6-16-4-2-3-5-17(16)14-18/h15-19H,2-14H2,1H3. The van der Waals surface area contributed by atoms with Crippen LogP contribution >= 0.6 is 0 Å². The van der Waals surface area contributed by atoms with Crippen molar-refractivity contribution in [3.05, 3.63) is 0 Å². The van der Waals surface area contributed by atoms with Crippen molar-refractivity contribution in [3.8, 4) is 0 Å². The quantitative estimate of drug-likeness (QED) is 0.844. The highest BCUT2D eigenvalue weighted by Gasteiger charge is 2.31. The molecule has 1 aliphatic heterocycles. The van der Waals surface area contributed by atoms with E-state index in [1.54, 1.807) is 0 Å². The Morgan fingerprint density at radius 1 is 0.900 bits per heavy atom. The number of piperidine rings is 1. The molecule has 0 radical (unpaired) electrons. The second-order valence-corrected chi connectivity index (χ2v) is 7.79. The average Bonchev–Trinajstić information content (AvgIpc) is 2.49. The first-order valence-electron chi connectivity index (χ1n) is 9.27. The van der Waals surface area contributed by atoms with Gasteiger partial charge in [0, 0.05) is 19.1 Å². The third-order valence-corrected chi connectivity index (χ3v) is 6.28. The number of fused-ring (bicyclic) bond motifs is 1. The molecule has 0 spiro atoms. The fourth-order valence-electron chi connectivity index (χ4n) is 4.77. The monoisotopic (exact) mass is 278 g/mol. The summed E-state index contributed by atoms with van der Waals surface area (Å²) in [6.45, 7) is 7.56. The minimum atomic E-state index is 0.832. The van der Waals surface area contributed by atoms with Crippen LogP contribution in [0.4, 0.5) is 0 Å². The minimum Gasteiger partial charge on any atom is -0.313 e. The van der Waals surface area contributed by atoms with Crippen LogP contribution in [-0.2, 0) is 0 Å². The van der Waals surface area contributed by atoms with Gasteiger partial charge in [-0.2, -0.15) is 0 Å². The molecule has 3 rings (SSSR count). The number of nitrogens with one attached hydrogen (secondary N) is 1. The fourth-order valence-corrected chi connectivity index (χ4v) is 4.77. The Labute approximate surface area is 125 Å². The van der Waals surface area contributed by atoms with Crippen molar-refractivity contribution in [1.82, 2.24) is 10.2 Å². The summed E-state index contributed by atoms with van der Waals surface area (Å²) in [6.07, 6.45) is 13.3. The first-order valence-corrected chi connectivity index (χ1v) is 9.27. The van der Waals surface area contributed by atoms with Crippen molar-refractivity contribution >= 4 is 0 Å². The van der Waals surface area contributed by atoms with Crippen molar-refractivity contribution < 1.29 is 0 Å². The molecular weight excluding hydrogens is 244 g/mol. The van der Waals surface area contributed by atoms with Gasteiger partial charge in [-0.3, -0.25) is 0 Å². The molecule has 3 atom stereocenters. The van der Waals surface area contributed by atoms with Crippen LogP contribution in [0.2, 0.25) is 0 Å². The smallest absolute Gasteiger partial charge is 0.0107 e. The molecule has 3 fully saturated rings. The van der Waals surface area contributed by atoms with Gasteiger partial charge in [0.1, 0.15) is 0 Å². The Kier molecular flexibility index (Phi) is 5.39. The minimum absolute atomic E-state index is 0.832. The van der Waals surface area contributed by atoms with Gasteiger partial charge in [-0.15, -0.1) is 0 Å². The average molecular weight is 278 g/mol. The van der Waals surface area contributed by atoms with Gasteiger partial charge in [-0.25, -0.2) is 0 Å². The molecule has 0 aromatic rings. The van der Waals surface area contributed by atoms with Crippen LogP contribution in [-0.4, -0.2) is 37.1 Å². The molecule has 20 heavy (non-hydrogen) atoms. The molecule has 0 amide bonds. The molecule has 1 saturated heterocycles. The van der Waals surface area contributed by atoms with Crippen LogP contribution in [0, 0.1) is 17.8 Å². The summed E-state index contributed by atoms with van der Waals surface area (Å²) >= 11 is 0. The van der Waals surface area contributed by atoms with E-state index in [1.165, 1.54) is 84.0 Å². The van der Waals surface area contributed by atoms with Gasteiger partial charge < -0.3 is 10.2 Å². The molecular formula is C18H34N2. The summed E-state index contributed by atoms with van der Waals surface area (Å²) in [7, 11) is 0. The Hall–Kier alpha value is -0.0800. The molecule has 3 aliphatic rings. The van der Waals surface area contributed by atoms with Crippen molar-refractivity contribution in [3.63, 3.8) is 0 Å². The molecule has 3 unspecified atom stereocenters. The summed E-state index contributed by atoms with van der Waals surface area (Å²) in [4.78, 5) is 2.67. The van der Waals surface area contributed by atoms with Gasteiger partial charge in [0.05, 0.1) is 0 Å². The predicted molar refractivity (Wildman–Crippen MR) is 85.9 cm³/mol. The Balaban J connectivity index is 1.32. The SMILES string of the molecule is CC1CCN(CCNC2CCC3CCCCC3C2)CC1. The van der Waals surface area contributed by atoms with Gasteiger partial charge in [-0.05, 0) is 62.9 Å². The van der Waals surface area contributed by atoms with E-state index in [9.17, 15) is 0 Å². The highest BCUT2D eigenvalue weighted by Crippen LogP contribution is 2.40. The molecule has 0 aromatic carbocycles. The van der Waals surface area contributed by atoms with Crippen molar-refractivity contribution in [2.45, 2.75) is 70.8 Å². The molecule has 1 heterocycles. The topological polar surface area (TPSA) is 15.3 Å². The van der Waals surface area contributed by atoms with Gasteiger partial charge in [-0.1, -0.05) is 32.6 Å². The number of hydrogen-bond acceptors (Lipinski definition) is 2. The maximum atomic E-state index is 3.87. The fraction of sp³-hybridized carbons (Fsp3) is 1.00. The molecule has 116 valence electrons. The van der Waals surface area contributed by atoms with E-state index in [0.29, 0.717) is 0 Å². The molecule has 0 aromatic heterocycles. The normalized spacial score (nSPS) is 36.8. The van der Waals surface area contributed by atoms with E-state index in [-0.39, 0.29) is 0 Å². The van der Waals surface area contributed by atoms with Crippen LogP contribution in [0.15, 0.2) is 0 Å². The van der Waals surface area contributed by atoms with Crippen molar-refractivity contribution in [2.24, 2.45) is 17.8 Å². The largest absolute Gasteiger partial charge is 0.313 e. The van der Waals surface area contributed by atoms with Crippen LogP contribution in [0.5, 0.6) is 0 Å². The molecule has 2 heteroatoms. The van der Waals surface area contributed by atoms with E-state index in [4.69, 9.17) is 0 Å². The highest BCUT2D eigenvalue weighted by atomic mass is 15.1.